The van der Waals surface area contributed by atoms with Crippen LogP contribution in [-0.2, 0) is 6.54 Å². The highest BCUT2D eigenvalue weighted by molar-refractivity contribution is 5.46. The van der Waals surface area contributed by atoms with Crippen LogP contribution < -0.4 is 5.32 Å². The SMILES string of the molecule is Cc1cc(C)n(CCCNc2cc(C)c([N+](=O)[O-])cn2)n1. The normalized spacial score (nSPS) is 10.6. The molecule has 0 spiro atoms. The van der Waals surface area contributed by atoms with Crippen LogP contribution in [0.4, 0.5) is 11.5 Å². The van der Waals surface area contributed by atoms with Gasteiger partial charge in [0, 0.05) is 24.3 Å². The molecule has 2 heterocycles. The van der Waals surface area contributed by atoms with Crippen molar-refractivity contribution in [3.63, 3.8) is 0 Å². The highest BCUT2D eigenvalue weighted by Gasteiger charge is 2.11. The summed E-state index contributed by atoms with van der Waals surface area (Å²) in [5.74, 6) is 0.659. The van der Waals surface area contributed by atoms with Crippen molar-refractivity contribution in [3.05, 3.63) is 45.4 Å². The highest BCUT2D eigenvalue weighted by Crippen LogP contribution is 2.18. The molecule has 112 valence electrons. The lowest BCUT2D eigenvalue weighted by molar-refractivity contribution is -0.385. The number of hydrogen-bond donors (Lipinski definition) is 1. The van der Waals surface area contributed by atoms with E-state index < -0.39 is 4.92 Å². The molecule has 7 nitrogen and oxygen atoms in total. The summed E-state index contributed by atoms with van der Waals surface area (Å²) in [4.78, 5) is 14.3. The first-order valence-electron chi connectivity index (χ1n) is 6.83. The number of nitrogens with zero attached hydrogens (tertiary/aromatic N) is 4. The van der Waals surface area contributed by atoms with Gasteiger partial charge in [-0.25, -0.2) is 4.98 Å². The van der Waals surface area contributed by atoms with Crippen LogP contribution in [-0.4, -0.2) is 26.2 Å². The van der Waals surface area contributed by atoms with Gasteiger partial charge in [0.15, 0.2) is 0 Å². The minimum Gasteiger partial charge on any atom is -0.370 e. The number of aryl methyl sites for hydroxylation is 4. The maximum atomic E-state index is 10.7. The molecule has 0 aliphatic heterocycles. The van der Waals surface area contributed by atoms with Crippen molar-refractivity contribution in [2.75, 3.05) is 11.9 Å². The van der Waals surface area contributed by atoms with E-state index in [1.54, 1.807) is 13.0 Å². The van der Waals surface area contributed by atoms with E-state index >= 15 is 0 Å². The molecule has 2 rings (SSSR count). The molecule has 0 unspecified atom stereocenters. The Hall–Kier alpha value is -2.44. The Bertz CT molecular complexity index is 651. The standard InChI is InChI=1S/C14H19N5O2/c1-10-7-14(16-9-13(10)19(20)21)15-5-4-6-18-12(3)8-11(2)17-18/h7-9H,4-6H2,1-3H3,(H,15,16). The summed E-state index contributed by atoms with van der Waals surface area (Å²) >= 11 is 0. The van der Waals surface area contributed by atoms with Crippen molar-refractivity contribution >= 4 is 11.5 Å². The molecule has 0 saturated heterocycles. The zero-order valence-electron chi connectivity index (χ0n) is 12.5. The Morgan fingerprint density at radius 1 is 1.33 bits per heavy atom. The van der Waals surface area contributed by atoms with Gasteiger partial charge in [-0.15, -0.1) is 0 Å². The van der Waals surface area contributed by atoms with Crippen LogP contribution in [0.3, 0.4) is 0 Å². The molecule has 0 saturated carbocycles. The maximum absolute atomic E-state index is 10.7. The van der Waals surface area contributed by atoms with Gasteiger partial charge in [0.1, 0.15) is 12.0 Å². The maximum Gasteiger partial charge on any atom is 0.290 e. The summed E-state index contributed by atoms with van der Waals surface area (Å²) in [5, 5.41) is 18.3. The van der Waals surface area contributed by atoms with Gasteiger partial charge < -0.3 is 5.32 Å². The van der Waals surface area contributed by atoms with E-state index in [1.165, 1.54) is 6.20 Å². The van der Waals surface area contributed by atoms with Gasteiger partial charge in [-0.1, -0.05) is 0 Å². The molecule has 0 aromatic carbocycles. The minimum atomic E-state index is -0.422. The van der Waals surface area contributed by atoms with Crippen molar-refractivity contribution in [2.24, 2.45) is 0 Å². The summed E-state index contributed by atoms with van der Waals surface area (Å²) in [6, 6.07) is 3.75. The molecule has 0 bridgehead atoms. The molecule has 2 aromatic rings. The summed E-state index contributed by atoms with van der Waals surface area (Å²) in [7, 11) is 0. The molecule has 1 N–H and O–H groups in total. The third kappa shape index (κ3) is 3.77. The molecule has 0 amide bonds. The number of rotatable bonds is 6. The average Bonchev–Trinajstić information content (AvgIpc) is 2.73. The Morgan fingerprint density at radius 3 is 2.67 bits per heavy atom. The molecule has 0 aliphatic rings. The monoisotopic (exact) mass is 289 g/mol. The van der Waals surface area contributed by atoms with Gasteiger partial charge in [0.2, 0.25) is 0 Å². The molecule has 21 heavy (non-hydrogen) atoms. The van der Waals surface area contributed by atoms with E-state index in [1.807, 2.05) is 18.5 Å². The van der Waals surface area contributed by atoms with E-state index in [0.717, 1.165) is 30.9 Å². The summed E-state index contributed by atoms with van der Waals surface area (Å²) < 4.78 is 1.98. The predicted molar refractivity (Wildman–Crippen MR) is 80.4 cm³/mol. The third-order valence-corrected chi connectivity index (χ3v) is 3.24. The first-order valence-corrected chi connectivity index (χ1v) is 6.83. The van der Waals surface area contributed by atoms with Gasteiger partial charge >= 0.3 is 0 Å². The van der Waals surface area contributed by atoms with E-state index in [9.17, 15) is 10.1 Å². The van der Waals surface area contributed by atoms with E-state index in [0.29, 0.717) is 11.4 Å². The van der Waals surface area contributed by atoms with Gasteiger partial charge in [0.25, 0.3) is 5.69 Å². The predicted octanol–water partition coefficient (Wildman–Crippen LogP) is 2.61. The second-order valence-corrected chi connectivity index (χ2v) is 5.04. The van der Waals surface area contributed by atoms with Crippen LogP contribution >= 0.6 is 0 Å². The van der Waals surface area contributed by atoms with Crippen LogP contribution in [0.5, 0.6) is 0 Å². The molecule has 0 aliphatic carbocycles. The fourth-order valence-corrected chi connectivity index (χ4v) is 2.18. The van der Waals surface area contributed by atoms with Crippen molar-refractivity contribution in [2.45, 2.75) is 33.7 Å². The lowest BCUT2D eigenvalue weighted by Crippen LogP contribution is -2.10. The molecule has 7 heteroatoms. The smallest absolute Gasteiger partial charge is 0.290 e. The molecular weight excluding hydrogens is 270 g/mol. The van der Waals surface area contributed by atoms with Crippen LogP contribution in [0.1, 0.15) is 23.4 Å². The largest absolute Gasteiger partial charge is 0.370 e. The number of aromatic nitrogens is 3. The van der Waals surface area contributed by atoms with E-state index in [-0.39, 0.29) is 5.69 Å². The van der Waals surface area contributed by atoms with Crippen molar-refractivity contribution < 1.29 is 4.92 Å². The first kappa shape index (κ1) is 15.0. The Kier molecular flexibility index (Phi) is 4.52. The molecule has 0 fully saturated rings. The summed E-state index contributed by atoms with van der Waals surface area (Å²) in [6.45, 7) is 7.29. The number of pyridine rings is 1. The molecule has 0 radical (unpaired) electrons. The van der Waals surface area contributed by atoms with Crippen molar-refractivity contribution in [1.29, 1.82) is 0 Å². The van der Waals surface area contributed by atoms with Gasteiger partial charge in [-0.05, 0) is 39.3 Å². The van der Waals surface area contributed by atoms with Crippen molar-refractivity contribution in [3.8, 4) is 0 Å². The first-order chi connectivity index (χ1) is 9.97. The summed E-state index contributed by atoms with van der Waals surface area (Å²) in [6.07, 6.45) is 2.19. The van der Waals surface area contributed by atoms with Gasteiger partial charge in [-0.2, -0.15) is 5.10 Å². The third-order valence-electron chi connectivity index (χ3n) is 3.24. The van der Waals surface area contributed by atoms with Crippen LogP contribution in [0, 0.1) is 30.9 Å². The van der Waals surface area contributed by atoms with Crippen molar-refractivity contribution in [1.82, 2.24) is 14.8 Å². The fraction of sp³-hybridized carbons (Fsp3) is 0.429. The minimum absolute atomic E-state index is 0.0446. The lowest BCUT2D eigenvalue weighted by Gasteiger charge is -2.07. The fourth-order valence-electron chi connectivity index (χ4n) is 2.18. The number of hydrogen-bond acceptors (Lipinski definition) is 5. The number of nitrogens with one attached hydrogen (secondary N) is 1. The summed E-state index contributed by atoms with van der Waals surface area (Å²) in [5.41, 5.74) is 2.82. The second kappa shape index (κ2) is 6.34. The van der Waals surface area contributed by atoms with Gasteiger partial charge in [0.05, 0.1) is 10.6 Å². The zero-order chi connectivity index (χ0) is 15.4. The van der Waals surface area contributed by atoms with E-state index in [2.05, 4.69) is 21.5 Å². The zero-order valence-corrected chi connectivity index (χ0v) is 12.5. The Labute approximate surface area is 123 Å². The Balaban J connectivity index is 1.85. The average molecular weight is 289 g/mol. The number of nitro groups is 1. The van der Waals surface area contributed by atoms with E-state index in [4.69, 9.17) is 0 Å². The Morgan fingerprint density at radius 2 is 2.10 bits per heavy atom. The molecular formula is C14H19N5O2. The second-order valence-electron chi connectivity index (χ2n) is 5.04. The van der Waals surface area contributed by atoms with Gasteiger partial charge in [-0.3, -0.25) is 14.8 Å². The van der Waals surface area contributed by atoms with Crippen LogP contribution in [0.15, 0.2) is 18.3 Å². The van der Waals surface area contributed by atoms with Crippen LogP contribution in [0.2, 0.25) is 0 Å². The highest BCUT2D eigenvalue weighted by atomic mass is 16.6. The topological polar surface area (TPSA) is 85.9 Å². The quantitative estimate of drug-likeness (QED) is 0.502. The lowest BCUT2D eigenvalue weighted by atomic mass is 10.2. The molecule has 2 aromatic heterocycles. The molecule has 0 atom stereocenters. The number of anilines is 1. The van der Waals surface area contributed by atoms with Crippen LogP contribution in [0.25, 0.3) is 0 Å².